The van der Waals surface area contributed by atoms with Gasteiger partial charge in [0.05, 0.1) is 13.5 Å². The van der Waals surface area contributed by atoms with Crippen LogP contribution in [0, 0.1) is 5.92 Å². The van der Waals surface area contributed by atoms with Crippen LogP contribution in [0.1, 0.15) is 89.9 Å². The largest absolute Gasteiger partial charge is 0.469 e. The molecule has 24 heavy (non-hydrogen) atoms. The fourth-order valence-corrected chi connectivity index (χ4v) is 4.34. The number of methoxy groups -OCH3 is 1. The summed E-state index contributed by atoms with van der Waals surface area (Å²) in [4.78, 5) is 26.4. The summed E-state index contributed by atoms with van der Waals surface area (Å²) < 4.78 is 4.77. The van der Waals surface area contributed by atoms with E-state index in [1.54, 1.807) is 0 Å². The molecule has 2 aliphatic carbocycles. The van der Waals surface area contributed by atoms with E-state index in [-0.39, 0.29) is 11.9 Å². The summed E-state index contributed by atoms with van der Waals surface area (Å²) >= 11 is 0. The minimum atomic E-state index is -0.214. The van der Waals surface area contributed by atoms with Crippen molar-refractivity contribution in [2.45, 2.75) is 95.9 Å². The highest BCUT2D eigenvalue weighted by Crippen LogP contribution is 2.28. The molecule has 0 spiro atoms. The molecule has 0 N–H and O–H groups in total. The first-order chi connectivity index (χ1) is 11.7. The van der Waals surface area contributed by atoms with E-state index in [0.29, 0.717) is 25.4 Å². The Balaban J connectivity index is 1.88. The van der Waals surface area contributed by atoms with Crippen LogP contribution < -0.4 is 0 Å². The highest BCUT2D eigenvalue weighted by atomic mass is 16.5. The third kappa shape index (κ3) is 6.45. The summed E-state index contributed by atoms with van der Waals surface area (Å²) in [5, 5.41) is 0. The predicted octanol–water partition coefficient (Wildman–Crippen LogP) is 4.46. The van der Waals surface area contributed by atoms with E-state index < -0.39 is 0 Å². The summed E-state index contributed by atoms with van der Waals surface area (Å²) in [6.07, 6.45) is 15.7. The molecule has 0 heterocycles. The minimum Gasteiger partial charge on any atom is -0.469 e. The molecule has 138 valence electrons. The lowest BCUT2D eigenvalue weighted by molar-refractivity contribution is -0.142. The van der Waals surface area contributed by atoms with Gasteiger partial charge >= 0.3 is 5.97 Å². The lowest BCUT2D eigenvalue weighted by Gasteiger charge is -2.32. The van der Waals surface area contributed by atoms with Crippen molar-refractivity contribution in [3.8, 4) is 0 Å². The van der Waals surface area contributed by atoms with Crippen LogP contribution in [0.15, 0.2) is 0 Å². The zero-order chi connectivity index (χ0) is 17.2. The van der Waals surface area contributed by atoms with Crippen molar-refractivity contribution >= 4 is 11.9 Å². The molecule has 0 radical (unpaired) electrons. The Morgan fingerprint density at radius 3 is 2.08 bits per heavy atom. The van der Waals surface area contributed by atoms with Crippen LogP contribution in [-0.4, -0.2) is 36.5 Å². The fraction of sp³-hybridized carbons (Fsp3) is 0.900. The summed E-state index contributed by atoms with van der Waals surface area (Å²) in [6, 6.07) is 0.330. The van der Waals surface area contributed by atoms with Gasteiger partial charge in [-0.05, 0) is 25.2 Å². The molecule has 0 aromatic heterocycles. The quantitative estimate of drug-likeness (QED) is 0.509. The molecule has 0 unspecified atom stereocenters. The first-order valence-electron chi connectivity index (χ1n) is 10.1. The van der Waals surface area contributed by atoms with Gasteiger partial charge in [0.1, 0.15) is 0 Å². The average Bonchev–Trinajstić information content (AvgIpc) is 2.90. The first kappa shape index (κ1) is 19.3. The van der Waals surface area contributed by atoms with Crippen molar-refractivity contribution in [3.63, 3.8) is 0 Å². The van der Waals surface area contributed by atoms with Gasteiger partial charge in [0.2, 0.25) is 5.91 Å². The Hall–Kier alpha value is -1.06. The van der Waals surface area contributed by atoms with Crippen molar-refractivity contribution in [1.82, 2.24) is 4.90 Å². The molecule has 0 aromatic carbocycles. The minimum absolute atomic E-state index is 0.214. The number of hydrogen-bond donors (Lipinski definition) is 0. The Bertz CT molecular complexity index is 382. The Morgan fingerprint density at radius 2 is 1.46 bits per heavy atom. The van der Waals surface area contributed by atoms with Gasteiger partial charge in [-0.3, -0.25) is 9.59 Å². The molecule has 0 aliphatic heterocycles. The van der Waals surface area contributed by atoms with Crippen molar-refractivity contribution < 1.29 is 14.3 Å². The van der Waals surface area contributed by atoms with E-state index in [1.807, 2.05) is 4.90 Å². The predicted molar refractivity (Wildman–Crippen MR) is 95.6 cm³/mol. The molecule has 0 saturated heterocycles. The maximum absolute atomic E-state index is 12.9. The average molecular weight is 338 g/mol. The topological polar surface area (TPSA) is 46.6 Å². The summed E-state index contributed by atoms with van der Waals surface area (Å²) in [6.45, 7) is 0.529. The number of hydrogen-bond acceptors (Lipinski definition) is 3. The van der Waals surface area contributed by atoms with Gasteiger partial charge < -0.3 is 9.64 Å². The highest BCUT2D eigenvalue weighted by Gasteiger charge is 2.26. The molecular formula is C20H35NO3. The number of carbonyl (C=O) groups excluding carboxylic acids is 2. The number of amides is 1. The number of nitrogens with zero attached hydrogens (tertiary/aromatic N) is 1. The second-order valence-electron chi connectivity index (χ2n) is 7.60. The van der Waals surface area contributed by atoms with Crippen LogP contribution in [0.3, 0.4) is 0 Å². The van der Waals surface area contributed by atoms with Gasteiger partial charge in [-0.15, -0.1) is 0 Å². The first-order valence-corrected chi connectivity index (χ1v) is 10.1. The molecule has 0 aromatic rings. The molecular weight excluding hydrogens is 302 g/mol. The Labute approximate surface area is 147 Å². The number of carbonyl (C=O) groups is 2. The maximum atomic E-state index is 12.9. The lowest BCUT2D eigenvalue weighted by Crippen LogP contribution is -2.41. The standard InChI is InChI=1S/C20H35NO3/c1-24-20(23)15-16-21(18-11-7-2-3-8-12-18)19(22)14-13-17-9-5-4-6-10-17/h17-18H,2-16H2,1H3. The van der Waals surface area contributed by atoms with Gasteiger partial charge in [0.25, 0.3) is 0 Å². The van der Waals surface area contributed by atoms with E-state index in [2.05, 4.69) is 0 Å². The van der Waals surface area contributed by atoms with Crippen LogP contribution in [0.25, 0.3) is 0 Å². The van der Waals surface area contributed by atoms with Gasteiger partial charge in [0.15, 0.2) is 0 Å². The molecule has 2 saturated carbocycles. The smallest absolute Gasteiger partial charge is 0.307 e. The molecule has 1 amide bonds. The number of ether oxygens (including phenoxy) is 1. The monoisotopic (exact) mass is 337 g/mol. The van der Waals surface area contributed by atoms with Crippen molar-refractivity contribution in [2.75, 3.05) is 13.7 Å². The van der Waals surface area contributed by atoms with Gasteiger partial charge in [0, 0.05) is 19.0 Å². The van der Waals surface area contributed by atoms with E-state index in [0.717, 1.165) is 25.2 Å². The van der Waals surface area contributed by atoms with Crippen LogP contribution in [-0.2, 0) is 14.3 Å². The second-order valence-corrected chi connectivity index (χ2v) is 7.60. The van der Waals surface area contributed by atoms with Crippen LogP contribution in [0.2, 0.25) is 0 Å². The molecule has 0 atom stereocenters. The normalized spacial score (nSPS) is 20.4. The van der Waals surface area contributed by atoms with Crippen LogP contribution >= 0.6 is 0 Å². The summed E-state index contributed by atoms with van der Waals surface area (Å²) in [5.74, 6) is 0.782. The van der Waals surface area contributed by atoms with E-state index in [1.165, 1.54) is 64.9 Å². The molecule has 2 rings (SSSR count). The summed E-state index contributed by atoms with van der Waals surface area (Å²) in [5.41, 5.74) is 0. The van der Waals surface area contributed by atoms with Crippen LogP contribution in [0.4, 0.5) is 0 Å². The summed E-state index contributed by atoms with van der Waals surface area (Å²) in [7, 11) is 1.42. The zero-order valence-electron chi connectivity index (χ0n) is 15.4. The van der Waals surface area contributed by atoms with Gasteiger partial charge in [-0.1, -0.05) is 57.8 Å². The maximum Gasteiger partial charge on any atom is 0.307 e. The molecule has 2 fully saturated rings. The SMILES string of the molecule is COC(=O)CCN(C(=O)CCC1CCCCC1)C1CCCCCC1. The van der Waals surface area contributed by atoms with Crippen molar-refractivity contribution in [1.29, 1.82) is 0 Å². The van der Waals surface area contributed by atoms with Crippen molar-refractivity contribution in [2.24, 2.45) is 5.92 Å². The highest BCUT2D eigenvalue weighted by molar-refractivity contribution is 5.77. The zero-order valence-corrected chi connectivity index (χ0v) is 15.4. The third-order valence-electron chi connectivity index (χ3n) is 5.86. The van der Waals surface area contributed by atoms with Crippen molar-refractivity contribution in [3.05, 3.63) is 0 Å². The van der Waals surface area contributed by atoms with E-state index in [4.69, 9.17) is 4.74 Å². The lowest BCUT2D eigenvalue weighted by atomic mass is 9.86. The van der Waals surface area contributed by atoms with E-state index >= 15 is 0 Å². The Kier molecular flexibility index (Phi) is 8.62. The van der Waals surface area contributed by atoms with Crippen LogP contribution in [0.5, 0.6) is 0 Å². The molecule has 2 aliphatic rings. The number of rotatable bonds is 7. The molecule has 0 bridgehead atoms. The Morgan fingerprint density at radius 1 is 0.875 bits per heavy atom. The van der Waals surface area contributed by atoms with E-state index in [9.17, 15) is 9.59 Å². The second kappa shape index (κ2) is 10.7. The van der Waals surface area contributed by atoms with Gasteiger partial charge in [-0.25, -0.2) is 0 Å². The molecule has 4 nitrogen and oxygen atoms in total. The number of esters is 1. The molecule has 4 heteroatoms. The van der Waals surface area contributed by atoms with Gasteiger partial charge in [-0.2, -0.15) is 0 Å². The fourth-order valence-electron chi connectivity index (χ4n) is 4.34. The third-order valence-corrected chi connectivity index (χ3v) is 5.86.